The Labute approximate surface area is 122 Å². The summed E-state index contributed by atoms with van der Waals surface area (Å²) in [7, 11) is 1.58. The van der Waals surface area contributed by atoms with Crippen molar-refractivity contribution in [3.05, 3.63) is 35.7 Å². The number of nitriles is 1. The van der Waals surface area contributed by atoms with Gasteiger partial charge < -0.3 is 10.1 Å². The van der Waals surface area contributed by atoms with Gasteiger partial charge in [-0.25, -0.2) is 4.68 Å². The molecule has 7 heteroatoms. The summed E-state index contributed by atoms with van der Waals surface area (Å²) in [6, 6.07) is 8.38. The third kappa shape index (κ3) is 3.00. The number of nitrogens with one attached hydrogen (secondary N) is 1. The number of anilines is 1. The van der Waals surface area contributed by atoms with Crippen molar-refractivity contribution in [2.24, 2.45) is 0 Å². The molecule has 1 aromatic heterocycles. The number of nitrogens with zero attached hydrogens (tertiary/aromatic N) is 4. The summed E-state index contributed by atoms with van der Waals surface area (Å²) in [4.78, 5) is 12.2. The maximum absolute atomic E-state index is 12.2. The highest BCUT2D eigenvalue weighted by atomic mass is 16.5. The summed E-state index contributed by atoms with van der Waals surface area (Å²) < 4.78 is 6.48. The Morgan fingerprint density at radius 2 is 2.10 bits per heavy atom. The molecular weight excluding hydrogens is 270 g/mol. The smallest absolute Gasteiger partial charge is 0.249 e. The van der Waals surface area contributed by atoms with Gasteiger partial charge in [0.05, 0.1) is 12.8 Å². The lowest BCUT2D eigenvalue weighted by Crippen LogP contribution is -2.25. The molecule has 0 fully saturated rings. The van der Waals surface area contributed by atoms with Crippen molar-refractivity contribution in [2.75, 3.05) is 12.4 Å². The Kier molecular flexibility index (Phi) is 4.18. The minimum atomic E-state index is -0.568. The molecule has 21 heavy (non-hydrogen) atoms. The molecule has 1 heterocycles. The second kappa shape index (κ2) is 6.05. The van der Waals surface area contributed by atoms with Crippen LogP contribution in [0.15, 0.2) is 24.3 Å². The Morgan fingerprint density at radius 1 is 1.43 bits per heavy atom. The first-order valence-electron chi connectivity index (χ1n) is 6.33. The van der Waals surface area contributed by atoms with Crippen LogP contribution in [-0.4, -0.2) is 28.0 Å². The molecule has 1 N–H and O–H groups in total. The Balaban J connectivity index is 2.11. The number of hydrogen-bond acceptors (Lipinski definition) is 5. The predicted octanol–water partition coefficient (Wildman–Crippen LogP) is 1.67. The minimum absolute atomic E-state index is 0.221. The van der Waals surface area contributed by atoms with Gasteiger partial charge in [0, 0.05) is 5.69 Å². The average Bonchev–Trinajstić information content (AvgIpc) is 2.88. The summed E-state index contributed by atoms with van der Waals surface area (Å²) in [6.45, 7) is 3.40. The second-order valence-electron chi connectivity index (χ2n) is 4.47. The van der Waals surface area contributed by atoms with Gasteiger partial charge in [-0.3, -0.25) is 4.79 Å². The fraction of sp³-hybridized carbons (Fsp3) is 0.286. The highest BCUT2D eigenvalue weighted by molar-refractivity contribution is 5.93. The van der Waals surface area contributed by atoms with Crippen molar-refractivity contribution in [1.82, 2.24) is 15.0 Å². The van der Waals surface area contributed by atoms with E-state index in [1.807, 2.05) is 6.07 Å². The van der Waals surface area contributed by atoms with Crippen LogP contribution in [0.25, 0.3) is 0 Å². The second-order valence-corrected chi connectivity index (χ2v) is 4.47. The first-order chi connectivity index (χ1) is 10.1. The molecule has 108 valence electrons. The van der Waals surface area contributed by atoms with Crippen LogP contribution in [-0.2, 0) is 4.79 Å². The van der Waals surface area contributed by atoms with Crippen LogP contribution >= 0.6 is 0 Å². The van der Waals surface area contributed by atoms with Gasteiger partial charge in [-0.05, 0) is 38.1 Å². The molecule has 1 aromatic carbocycles. The van der Waals surface area contributed by atoms with Gasteiger partial charge in [-0.2, -0.15) is 5.26 Å². The van der Waals surface area contributed by atoms with Crippen molar-refractivity contribution in [3.8, 4) is 11.8 Å². The zero-order chi connectivity index (χ0) is 15.4. The molecule has 1 unspecified atom stereocenters. The highest BCUT2D eigenvalue weighted by Crippen LogP contribution is 2.17. The van der Waals surface area contributed by atoms with Gasteiger partial charge in [0.25, 0.3) is 0 Å². The van der Waals surface area contributed by atoms with Crippen molar-refractivity contribution < 1.29 is 9.53 Å². The molecule has 0 aliphatic rings. The lowest BCUT2D eigenvalue weighted by molar-refractivity contribution is -0.119. The van der Waals surface area contributed by atoms with Gasteiger partial charge in [-0.1, -0.05) is 5.21 Å². The first kappa shape index (κ1) is 14.5. The SMILES string of the molecule is COc1ccc(NC(=O)C(C)n2nnc(C#N)c2C)cc1. The lowest BCUT2D eigenvalue weighted by Gasteiger charge is -2.13. The molecule has 0 saturated heterocycles. The van der Waals surface area contributed by atoms with Gasteiger partial charge >= 0.3 is 0 Å². The van der Waals surface area contributed by atoms with Crippen molar-refractivity contribution in [3.63, 3.8) is 0 Å². The molecule has 0 aliphatic carbocycles. The van der Waals surface area contributed by atoms with Crippen molar-refractivity contribution >= 4 is 11.6 Å². The number of aromatic nitrogens is 3. The normalized spacial score (nSPS) is 11.5. The number of amides is 1. The predicted molar refractivity (Wildman–Crippen MR) is 75.8 cm³/mol. The van der Waals surface area contributed by atoms with Gasteiger partial charge in [-0.15, -0.1) is 5.10 Å². The van der Waals surface area contributed by atoms with E-state index in [-0.39, 0.29) is 11.6 Å². The van der Waals surface area contributed by atoms with Crippen molar-refractivity contribution in [2.45, 2.75) is 19.9 Å². The van der Waals surface area contributed by atoms with Crippen LogP contribution < -0.4 is 10.1 Å². The van der Waals surface area contributed by atoms with E-state index >= 15 is 0 Å². The van der Waals surface area contributed by atoms with Crippen LogP contribution in [0.1, 0.15) is 24.4 Å². The van der Waals surface area contributed by atoms with Gasteiger partial charge in [0.15, 0.2) is 5.69 Å². The van der Waals surface area contributed by atoms with E-state index in [0.717, 1.165) is 0 Å². The Morgan fingerprint density at radius 3 is 2.62 bits per heavy atom. The number of carbonyl (C=O) groups is 1. The molecule has 2 aromatic rings. The maximum Gasteiger partial charge on any atom is 0.249 e. The zero-order valence-corrected chi connectivity index (χ0v) is 12.0. The molecule has 0 aliphatic heterocycles. The number of hydrogen-bond donors (Lipinski definition) is 1. The van der Waals surface area contributed by atoms with Crippen LogP contribution in [0.4, 0.5) is 5.69 Å². The van der Waals surface area contributed by atoms with Crippen LogP contribution in [0.5, 0.6) is 5.75 Å². The third-order valence-corrected chi connectivity index (χ3v) is 3.14. The molecule has 1 atom stereocenters. The Hall–Kier alpha value is -2.88. The Bertz CT molecular complexity index is 684. The van der Waals surface area contributed by atoms with E-state index in [9.17, 15) is 4.79 Å². The molecule has 0 radical (unpaired) electrons. The fourth-order valence-corrected chi connectivity index (χ4v) is 1.84. The van der Waals surface area contributed by atoms with E-state index in [1.165, 1.54) is 4.68 Å². The van der Waals surface area contributed by atoms with E-state index in [2.05, 4.69) is 15.6 Å². The van der Waals surface area contributed by atoms with Crippen LogP contribution in [0, 0.1) is 18.3 Å². The van der Waals surface area contributed by atoms with E-state index < -0.39 is 6.04 Å². The maximum atomic E-state index is 12.2. The summed E-state index contributed by atoms with van der Waals surface area (Å²) in [6.07, 6.45) is 0. The summed E-state index contributed by atoms with van der Waals surface area (Å²) in [5, 5.41) is 19.2. The number of ether oxygens (including phenoxy) is 1. The number of benzene rings is 1. The lowest BCUT2D eigenvalue weighted by atomic mass is 10.2. The zero-order valence-electron chi connectivity index (χ0n) is 12.0. The summed E-state index contributed by atoms with van der Waals surface area (Å²) in [5.74, 6) is 0.476. The molecule has 0 bridgehead atoms. The molecule has 1 amide bonds. The minimum Gasteiger partial charge on any atom is -0.497 e. The molecule has 2 rings (SSSR count). The average molecular weight is 285 g/mol. The number of rotatable bonds is 4. The monoisotopic (exact) mass is 285 g/mol. The topological polar surface area (TPSA) is 92.8 Å². The molecule has 0 saturated carbocycles. The quantitative estimate of drug-likeness (QED) is 0.922. The van der Waals surface area contributed by atoms with Gasteiger partial charge in [0.1, 0.15) is 17.9 Å². The number of carbonyl (C=O) groups excluding carboxylic acids is 1. The van der Waals surface area contributed by atoms with E-state index in [0.29, 0.717) is 17.1 Å². The fourth-order valence-electron chi connectivity index (χ4n) is 1.84. The van der Waals surface area contributed by atoms with E-state index in [4.69, 9.17) is 10.00 Å². The van der Waals surface area contributed by atoms with Crippen molar-refractivity contribution in [1.29, 1.82) is 5.26 Å². The highest BCUT2D eigenvalue weighted by Gasteiger charge is 2.20. The summed E-state index contributed by atoms with van der Waals surface area (Å²) >= 11 is 0. The summed E-state index contributed by atoms with van der Waals surface area (Å²) in [5.41, 5.74) is 1.44. The van der Waals surface area contributed by atoms with Crippen LogP contribution in [0.3, 0.4) is 0 Å². The molecule has 0 spiro atoms. The molecule has 7 nitrogen and oxygen atoms in total. The van der Waals surface area contributed by atoms with E-state index in [1.54, 1.807) is 45.2 Å². The standard InChI is InChI=1S/C14H15N5O2/c1-9-13(8-15)17-18-19(9)10(2)14(20)16-11-4-6-12(21-3)7-5-11/h4-7,10H,1-3H3,(H,16,20). The number of methoxy groups -OCH3 is 1. The first-order valence-corrected chi connectivity index (χ1v) is 6.33. The largest absolute Gasteiger partial charge is 0.497 e. The molecular formula is C14H15N5O2. The van der Waals surface area contributed by atoms with Crippen LogP contribution in [0.2, 0.25) is 0 Å². The third-order valence-electron chi connectivity index (χ3n) is 3.14. The van der Waals surface area contributed by atoms with Gasteiger partial charge in [0.2, 0.25) is 5.91 Å².